The van der Waals surface area contributed by atoms with Gasteiger partial charge in [0.2, 0.25) is 15.9 Å². The molecule has 0 aromatic carbocycles. The zero-order valence-electron chi connectivity index (χ0n) is 12.8. The Morgan fingerprint density at radius 1 is 1.18 bits per heavy atom. The molecule has 0 aromatic rings. The van der Waals surface area contributed by atoms with E-state index in [9.17, 15) is 13.2 Å². The minimum Gasteiger partial charge on any atom is -0.353 e. The van der Waals surface area contributed by atoms with Crippen molar-refractivity contribution in [1.29, 1.82) is 0 Å². The van der Waals surface area contributed by atoms with Gasteiger partial charge in [0.25, 0.3) is 0 Å². The van der Waals surface area contributed by atoms with E-state index in [0.717, 1.165) is 30.8 Å². The maximum atomic E-state index is 12.2. The number of sulfonamides is 1. The van der Waals surface area contributed by atoms with Crippen molar-refractivity contribution in [3.05, 3.63) is 0 Å². The fourth-order valence-corrected chi connectivity index (χ4v) is 5.32. The zero-order chi connectivity index (χ0) is 15.3. The monoisotopic (exact) mass is 371 g/mol. The van der Waals surface area contributed by atoms with Crippen LogP contribution >= 0.6 is 24.2 Å². The van der Waals surface area contributed by atoms with Gasteiger partial charge >= 0.3 is 0 Å². The third-order valence-corrected chi connectivity index (χ3v) is 7.02. The third kappa shape index (κ3) is 5.26. The summed E-state index contributed by atoms with van der Waals surface area (Å²) in [6.07, 6.45) is 4.43. The number of nitrogens with zero attached hydrogens (tertiary/aromatic N) is 1. The summed E-state index contributed by atoms with van der Waals surface area (Å²) in [4.78, 5) is 12.1. The number of halogens is 1. The van der Waals surface area contributed by atoms with Gasteiger partial charge in [0.1, 0.15) is 0 Å². The Hall–Kier alpha value is -0.0200. The van der Waals surface area contributed by atoms with Crippen LogP contribution in [-0.4, -0.2) is 61.1 Å². The van der Waals surface area contributed by atoms with Crippen LogP contribution in [0.5, 0.6) is 0 Å². The molecule has 1 aliphatic carbocycles. The number of hydrogen-bond donors (Lipinski definition) is 2. The van der Waals surface area contributed by atoms with Gasteiger partial charge in [-0.25, -0.2) is 12.7 Å². The molecule has 9 heteroatoms. The van der Waals surface area contributed by atoms with Gasteiger partial charge in [-0.05, 0) is 12.8 Å². The second-order valence-corrected chi connectivity index (χ2v) is 9.11. The highest BCUT2D eigenvalue weighted by atomic mass is 35.5. The summed E-state index contributed by atoms with van der Waals surface area (Å²) in [5.41, 5.74) is 5.32. The lowest BCUT2D eigenvalue weighted by Crippen LogP contribution is -2.55. The number of amides is 1. The van der Waals surface area contributed by atoms with Gasteiger partial charge in [0.05, 0.1) is 11.3 Å². The molecule has 0 aromatic heterocycles. The molecule has 6 nitrogen and oxygen atoms in total. The summed E-state index contributed by atoms with van der Waals surface area (Å²) in [6.45, 7) is 1.29. The van der Waals surface area contributed by atoms with Crippen molar-refractivity contribution in [2.75, 3.05) is 36.9 Å². The van der Waals surface area contributed by atoms with Gasteiger partial charge in [-0.15, -0.1) is 12.4 Å². The average Bonchev–Trinajstić information content (AvgIpc) is 2.48. The molecule has 0 radical (unpaired) electrons. The predicted octanol–water partition coefficient (Wildman–Crippen LogP) is 0.565. The average molecular weight is 372 g/mol. The molecule has 0 unspecified atom stereocenters. The molecular weight excluding hydrogens is 346 g/mol. The predicted molar refractivity (Wildman–Crippen MR) is 92.9 cm³/mol. The Bertz CT molecular complexity index is 461. The SMILES string of the molecule is Cl.NC1(C(=O)NCCS(=O)(=O)N2CCSCC2)CCCCC1. The molecule has 2 aliphatic rings. The standard InChI is InChI=1S/C13H25N3O3S2.ClH/c14-13(4-2-1-3-5-13)12(17)15-6-11-21(18,19)16-7-9-20-10-8-16;/h1-11,14H2,(H,15,17);1H. The van der Waals surface area contributed by atoms with Gasteiger partial charge in [0, 0.05) is 31.1 Å². The van der Waals surface area contributed by atoms with Crippen LogP contribution in [0.4, 0.5) is 0 Å². The van der Waals surface area contributed by atoms with Gasteiger partial charge in [0.15, 0.2) is 0 Å². The Morgan fingerprint density at radius 2 is 1.77 bits per heavy atom. The lowest BCUT2D eigenvalue weighted by molar-refractivity contribution is -0.127. The van der Waals surface area contributed by atoms with Crippen molar-refractivity contribution in [3.63, 3.8) is 0 Å². The van der Waals surface area contributed by atoms with Crippen molar-refractivity contribution in [2.45, 2.75) is 37.6 Å². The van der Waals surface area contributed by atoms with Crippen molar-refractivity contribution in [3.8, 4) is 0 Å². The molecule has 1 aliphatic heterocycles. The Kier molecular flexibility index (Phi) is 7.94. The highest BCUT2D eigenvalue weighted by Gasteiger charge is 2.35. The van der Waals surface area contributed by atoms with E-state index in [1.54, 1.807) is 11.8 Å². The van der Waals surface area contributed by atoms with Crippen LogP contribution in [0.1, 0.15) is 32.1 Å². The van der Waals surface area contributed by atoms with E-state index in [1.165, 1.54) is 4.31 Å². The molecule has 0 bridgehead atoms. The highest BCUT2D eigenvalue weighted by molar-refractivity contribution is 7.99. The van der Waals surface area contributed by atoms with E-state index in [-0.39, 0.29) is 30.6 Å². The summed E-state index contributed by atoms with van der Waals surface area (Å²) in [5.74, 6) is 1.45. The first-order valence-electron chi connectivity index (χ1n) is 7.57. The number of thioether (sulfide) groups is 1. The van der Waals surface area contributed by atoms with Gasteiger partial charge < -0.3 is 11.1 Å². The topological polar surface area (TPSA) is 92.5 Å². The van der Waals surface area contributed by atoms with Crippen LogP contribution < -0.4 is 11.1 Å². The molecule has 1 saturated heterocycles. The summed E-state index contributed by atoms with van der Waals surface area (Å²) in [5, 5.41) is 2.71. The second-order valence-electron chi connectivity index (χ2n) is 5.80. The van der Waals surface area contributed by atoms with Crippen LogP contribution in [-0.2, 0) is 14.8 Å². The molecule has 2 fully saturated rings. The Morgan fingerprint density at radius 3 is 2.36 bits per heavy atom. The molecule has 0 spiro atoms. The van der Waals surface area contributed by atoms with Crippen LogP contribution in [0, 0.1) is 0 Å². The molecule has 0 atom stereocenters. The summed E-state index contributed by atoms with van der Waals surface area (Å²) < 4.78 is 25.8. The van der Waals surface area contributed by atoms with Crippen LogP contribution in [0.3, 0.4) is 0 Å². The molecule has 2 rings (SSSR count). The summed E-state index contributed by atoms with van der Waals surface area (Å²) in [6, 6.07) is 0. The lowest BCUT2D eigenvalue weighted by Gasteiger charge is -2.32. The van der Waals surface area contributed by atoms with Crippen molar-refractivity contribution < 1.29 is 13.2 Å². The van der Waals surface area contributed by atoms with Crippen molar-refractivity contribution >= 4 is 40.1 Å². The minimum atomic E-state index is -3.27. The first-order valence-corrected chi connectivity index (χ1v) is 10.3. The number of hydrogen-bond acceptors (Lipinski definition) is 5. The van der Waals surface area contributed by atoms with Crippen molar-refractivity contribution in [2.24, 2.45) is 5.73 Å². The first kappa shape index (κ1) is 20.0. The Balaban J connectivity index is 0.00000242. The first-order chi connectivity index (χ1) is 9.94. The van der Waals surface area contributed by atoms with E-state index in [4.69, 9.17) is 5.73 Å². The maximum Gasteiger partial charge on any atom is 0.240 e. The second kappa shape index (κ2) is 8.73. The van der Waals surface area contributed by atoms with Gasteiger partial charge in [-0.1, -0.05) is 19.3 Å². The zero-order valence-corrected chi connectivity index (χ0v) is 15.2. The van der Waals surface area contributed by atoms with Crippen LogP contribution in [0.2, 0.25) is 0 Å². The van der Waals surface area contributed by atoms with E-state index < -0.39 is 15.6 Å². The third-order valence-electron chi connectivity index (χ3n) is 4.21. The fraction of sp³-hybridized carbons (Fsp3) is 0.923. The van der Waals surface area contributed by atoms with Gasteiger partial charge in [-0.2, -0.15) is 11.8 Å². The summed E-state index contributed by atoms with van der Waals surface area (Å²) >= 11 is 1.77. The number of carbonyl (C=O) groups excluding carboxylic acids is 1. The van der Waals surface area contributed by atoms with E-state index >= 15 is 0 Å². The largest absolute Gasteiger partial charge is 0.353 e. The smallest absolute Gasteiger partial charge is 0.240 e. The summed E-state index contributed by atoms with van der Waals surface area (Å²) in [7, 11) is -3.27. The number of nitrogens with two attached hydrogens (primary N) is 1. The van der Waals surface area contributed by atoms with Gasteiger partial charge in [-0.3, -0.25) is 4.79 Å². The lowest BCUT2D eigenvalue weighted by atomic mass is 9.82. The van der Waals surface area contributed by atoms with Crippen molar-refractivity contribution in [1.82, 2.24) is 9.62 Å². The fourth-order valence-electron chi connectivity index (χ4n) is 2.83. The van der Waals surface area contributed by atoms with E-state index in [1.807, 2.05) is 0 Å². The number of rotatable bonds is 5. The van der Waals surface area contributed by atoms with Crippen LogP contribution in [0.15, 0.2) is 0 Å². The molecular formula is C13H26ClN3O3S2. The molecule has 3 N–H and O–H groups in total. The Labute approximate surface area is 143 Å². The molecule has 1 saturated carbocycles. The maximum absolute atomic E-state index is 12.2. The quantitative estimate of drug-likeness (QED) is 0.736. The number of carbonyl (C=O) groups is 1. The molecule has 22 heavy (non-hydrogen) atoms. The molecule has 1 heterocycles. The minimum absolute atomic E-state index is 0. The normalized spacial score (nSPS) is 22.6. The number of nitrogens with one attached hydrogen (secondary N) is 1. The van der Waals surface area contributed by atoms with Crippen LogP contribution in [0.25, 0.3) is 0 Å². The molecule has 130 valence electrons. The molecule has 1 amide bonds. The van der Waals surface area contributed by atoms with E-state index in [0.29, 0.717) is 25.9 Å². The highest BCUT2D eigenvalue weighted by Crippen LogP contribution is 2.25. The van der Waals surface area contributed by atoms with E-state index in [2.05, 4.69) is 5.32 Å².